The van der Waals surface area contributed by atoms with Gasteiger partial charge in [-0.3, -0.25) is 0 Å². The number of amides is 1. The first-order valence-electron chi connectivity index (χ1n) is 7.41. The van der Waals surface area contributed by atoms with Gasteiger partial charge in [0.25, 0.3) is 0 Å². The number of rotatable bonds is 4. The van der Waals surface area contributed by atoms with E-state index < -0.39 is 0 Å². The van der Waals surface area contributed by atoms with Crippen molar-refractivity contribution in [3.8, 4) is 0 Å². The summed E-state index contributed by atoms with van der Waals surface area (Å²) in [6.07, 6.45) is 2.02. The fourth-order valence-corrected chi connectivity index (χ4v) is 2.56. The summed E-state index contributed by atoms with van der Waals surface area (Å²) in [5.74, 6) is 1.13. The number of ether oxygens (including phenoxy) is 1. The molecule has 118 valence electrons. The molecule has 1 amide bonds. The lowest BCUT2D eigenvalue weighted by molar-refractivity contribution is 0.136. The Morgan fingerprint density at radius 2 is 2.14 bits per heavy atom. The van der Waals surface area contributed by atoms with Crippen LogP contribution in [0, 0.1) is 11.8 Å². The Balaban J connectivity index is 0.00000220. The van der Waals surface area contributed by atoms with Crippen molar-refractivity contribution in [2.24, 2.45) is 11.8 Å². The second-order valence-electron chi connectivity index (χ2n) is 5.53. The van der Waals surface area contributed by atoms with Crippen LogP contribution in [0.5, 0.6) is 0 Å². The van der Waals surface area contributed by atoms with Crippen LogP contribution in [0.4, 0.5) is 4.79 Å². The largest absolute Gasteiger partial charge is 0.445 e. The maximum Gasteiger partial charge on any atom is 0.407 e. The van der Waals surface area contributed by atoms with Crippen molar-refractivity contribution in [1.29, 1.82) is 0 Å². The molecule has 4 nitrogen and oxygen atoms in total. The fraction of sp³-hybridized carbons (Fsp3) is 0.562. The van der Waals surface area contributed by atoms with Crippen LogP contribution in [0.2, 0.25) is 0 Å². The summed E-state index contributed by atoms with van der Waals surface area (Å²) >= 11 is 0. The van der Waals surface area contributed by atoms with E-state index in [-0.39, 0.29) is 18.5 Å². The highest BCUT2D eigenvalue weighted by Crippen LogP contribution is 2.18. The molecule has 1 saturated heterocycles. The molecule has 1 aliphatic rings. The minimum Gasteiger partial charge on any atom is -0.445 e. The molecule has 0 aromatic heterocycles. The van der Waals surface area contributed by atoms with Gasteiger partial charge in [0.1, 0.15) is 6.61 Å². The number of hydrogen-bond donors (Lipinski definition) is 2. The molecular formula is C16H25ClN2O2. The van der Waals surface area contributed by atoms with E-state index in [9.17, 15) is 4.79 Å². The third-order valence-corrected chi connectivity index (χ3v) is 3.92. The molecule has 1 heterocycles. The van der Waals surface area contributed by atoms with Crippen molar-refractivity contribution in [2.75, 3.05) is 19.6 Å². The normalized spacial score (nSPS) is 21.8. The summed E-state index contributed by atoms with van der Waals surface area (Å²) in [5.41, 5.74) is 1.01. The second kappa shape index (κ2) is 9.64. The van der Waals surface area contributed by atoms with Crippen LogP contribution in [-0.4, -0.2) is 25.7 Å². The van der Waals surface area contributed by atoms with Gasteiger partial charge in [0.15, 0.2) is 0 Å². The fourth-order valence-electron chi connectivity index (χ4n) is 2.56. The zero-order chi connectivity index (χ0) is 14.2. The van der Waals surface area contributed by atoms with Crippen molar-refractivity contribution in [3.63, 3.8) is 0 Å². The SMILES string of the molecule is CC1CNCCCC1CNC(=O)OCc1ccccc1.Cl. The van der Waals surface area contributed by atoms with Crippen molar-refractivity contribution in [2.45, 2.75) is 26.4 Å². The van der Waals surface area contributed by atoms with Gasteiger partial charge in [-0.2, -0.15) is 0 Å². The van der Waals surface area contributed by atoms with Gasteiger partial charge in [-0.05, 0) is 43.3 Å². The Kier molecular flexibility index (Phi) is 8.16. The Labute approximate surface area is 133 Å². The van der Waals surface area contributed by atoms with E-state index in [0.29, 0.717) is 25.0 Å². The van der Waals surface area contributed by atoms with Crippen LogP contribution >= 0.6 is 12.4 Å². The first kappa shape index (κ1) is 17.8. The van der Waals surface area contributed by atoms with Gasteiger partial charge in [-0.15, -0.1) is 12.4 Å². The molecule has 0 spiro atoms. The van der Waals surface area contributed by atoms with Gasteiger partial charge in [0.05, 0.1) is 0 Å². The molecular weight excluding hydrogens is 288 g/mol. The molecule has 1 aromatic carbocycles. The van der Waals surface area contributed by atoms with Crippen LogP contribution in [0.1, 0.15) is 25.3 Å². The van der Waals surface area contributed by atoms with Crippen LogP contribution in [0.15, 0.2) is 30.3 Å². The predicted molar refractivity (Wildman–Crippen MR) is 86.6 cm³/mol. The average molecular weight is 313 g/mol. The minimum atomic E-state index is -0.321. The van der Waals surface area contributed by atoms with Gasteiger partial charge in [-0.25, -0.2) is 4.79 Å². The number of carbonyl (C=O) groups is 1. The Bertz CT molecular complexity index is 414. The highest BCUT2D eigenvalue weighted by atomic mass is 35.5. The van der Waals surface area contributed by atoms with Crippen molar-refractivity contribution >= 4 is 18.5 Å². The third kappa shape index (κ3) is 6.36. The van der Waals surface area contributed by atoms with E-state index in [1.807, 2.05) is 30.3 Å². The average Bonchev–Trinajstić information content (AvgIpc) is 2.68. The number of hydrogen-bond acceptors (Lipinski definition) is 3. The molecule has 1 fully saturated rings. The number of nitrogens with one attached hydrogen (secondary N) is 2. The van der Waals surface area contributed by atoms with Crippen LogP contribution in [-0.2, 0) is 11.3 Å². The number of halogens is 1. The molecule has 2 rings (SSSR count). The molecule has 5 heteroatoms. The Morgan fingerprint density at radius 3 is 2.90 bits per heavy atom. The van der Waals surface area contributed by atoms with E-state index in [1.54, 1.807) is 0 Å². The van der Waals surface area contributed by atoms with Crippen molar-refractivity contribution in [1.82, 2.24) is 10.6 Å². The zero-order valence-corrected chi connectivity index (χ0v) is 13.3. The molecule has 2 unspecified atom stereocenters. The minimum absolute atomic E-state index is 0. The van der Waals surface area contributed by atoms with Crippen molar-refractivity contribution < 1.29 is 9.53 Å². The number of alkyl carbamates (subject to hydrolysis) is 1. The first-order valence-corrected chi connectivity index (χ1v) is 7.41. The molecule has 0 radical (unpaired) electrons. The third-order valence-electron chi connectivity index (χ3n) is 3.92. The lowest BCUT2D eigenvalue weighted by Gasteiger charge is -2.21. The molecule has 1 aromatic rings. The topological polar surface area (TPSA) is 50.4 Å². The zero-order valence-electron chi connectivity index (χ0n) is 12.5. The van der Waals surface area contributed by atoms with E-state index in [4.69, 9.17) is 4.74 Å². The van der Waals surface area contributed by atoms with Gasteiger partial charge >= 0.3 is 6.09 Å². The Morgan fingerprint density at radius 1 is 1.38 bits per heavy atom. The lowest BCUT2D eigenvalue weighted by Crippen LogP contribution is -2.33. The molecule has 0 bridgehead atoms. The second-order valence-corrected chi connectivity index (χ2v) is 5.53. The predicted octanol–water partition coefficient (Wildman–Crippen LogP) is 2.97. The van der Waals surface area contributed by atoms with E-state index >= 15 is 0 Å². The molecule has 1 aliphatic heterocycles. The summed E-state index contributed by atoms with van der Waals surface area (Å²) in [7, 11) is 0. The van der Waals surface area contributed by atoms with Crippen molar-refractivity contribution in [3.05, 3.63) is 35.9 Å². The quantitative estimate of drug-likeness (QED) is 0.898. The highest BCUT2D eigenvalue weighted by Gasteiger charge is 2.20. The molecule has 0 saturated carbocycles. The first-order chi connectivity index (χ1) is 9.75. The standard InChI is InChI=1S/C16H24N2O2.ClH/c1-13-10-17-9-5-8-15(13)11-18-16(19)20-12-14-6-3-2-4-7-14;/h2-4,6-7,13,15,17H,5,8-12H2,1H3,(H,18,19);1H. The van der Waals surface area contributed by atoms with Gasteiger partial charge in [-0.1, -0.05) is 37.3 Å². The van der Waals surface area contributed by atoms with Crippen LogP contribution in [0.25, 0.3) is 0 Å². The summed E-state index contributed by atoms with van der Waals surface area (Å²) < 4.78 is 5.22. The highest BCUT2D eigenvalue weighted by molar-refractivity contribution is 5.85. The summed E-state index contributed by atoms with van der Waals surface area (Å²) in [4.78, 5) is 11.7. The molecule has 0 aliphatic carbocycles. The summed E-state index contributed by atoms with van der Waals surface area (Å²) in [6, 6.07) is 9.73. The van der Waals surface area contributed by atoms with Crippen LogP contribution < -0.4 is 10.6 Å². The van der Waals surface area contributed by atoms with E-state index in [0.717, 1.165) is 25.1 Å². The number of benzene rings is 1. The van der Waals surface area contributed by atoms with Gasteiger partial charge in [0.2, 0.25) is 0 Å². The van der Waals surface area contributed by atoms with E-state index in [1.165, 1.54) is 6.42 Å². The van der Waals surface area contributed by atoms with E-state index in [2.05, 4.69) is 17.6 Å². The number of carbonyl (C=O) groups excluding carboxylic acids is 1. The lowest BCUT2D eigenvalue weighted by atomic mass is 9.91. The molecule has 21 heavy (non-hydrogen) atoms. The smallest absolute Gasteiger partial charge is 0.407 e. The maximum atomic E-state index is 11.7. The summed E-state index contributed by atoms with van der Waals surface area (Å²) in [5, 5.41) is 6.31. The van der Waals surface area contributed by atoms with Gasteiger partial charge < -0.3 is 15.4 Å². The monoisotopic (exact) mass is 312 g/mol. The Hall–Kier alpha value is -1.26. The van der Waals surface area contributed by atoms with Gasteiger partial charge in [0, 0.05) is 6.54 Å². The molecule has 2 N–H and O–H groups in total. The molecule has 2 atom stereocenters. The maximum absolute atomic E-state index is 11.7. The van der Waals surface area contributed by atoms with Crippen LogP contribution in [0.3, 0.4) is 0 Å². The summed E-state index contributed by atoms with van der Waals surface area (Å²) in [6.45, 7) is 5.38.